The molecule has 1 unspecified atom stereocenters. The van der Waals surface area contributed by atoms with Crippen molar-refractivity contribution >= 4 is 21.6 Å². The number of carbonyl (C=O) groups excluding carboxylic acids is 1. The first-order valence-corrected chi connectivity index (χ1v) is 9.45. The normalized spacial score (nSPS) is 17.7. The molecule has 0 spiro atoms. The lowest BCUT2D eigenvalue weighted by atomic mass is 10.1. The summed E-state index contributed by atoms with van der Waals surface area (Å²) in [7, 11) is -3.21. The molecule has 1 amide bonds. The number of aryl methyl sites for hydroxylation is 1. The quantitative estimate of drug-likeness (QED) is 0.921. The molecule has 0 aliphatic carbocycles. The second-order valence-corrected chi connectivity index (χ2v) is 7.94. The SMILES string of the molecule is Cc1ccc(C(C)NC(=O)c2ccc(N3CCCS3(=O)=O)cc2)o1. The highest BCUT2D eigenvalue weighted by atomic mass is 32.2. The van der Waals surface area contributed by atoms with Gasteiger partial charge in [0.15, 0.2) is 0 Å². The Morgan fingerprint density at radius 1 is 1.21 bits per heavy atom. The Morgan fingerprint density at radius 3 is 2.46 bits per heavy atom. The van der Waals surface area contributed by atoms with Gasteiger partial charge in [-0.25, -0.2) is 8.42 Å². The van der Waals surface area contributed by atoms with Crippen molar-refractivity contribution in [3.8, 4) is 0 Å². The summed E-state index contributed by atoms with van der Waals surface area (Å²) in [5, 5.41) is 2.87. The van der Waals surface area contributed by atoms with Crippen LogP contribution >= 0.6 is 0 Å². The van der Waals surface area contributed by atoms with Crippen LogP contribution in [0.5, 0.6) is 0 Å². The van der Waals surface area contributed by atoms with E-state index in [1.807, 2.05) is 26.0 Å². The Hall–Kier alpha value is -2.28. The van der Waals surface area contributed by atoms with Gasteiger partial charge in [-0.15, -0.1) is 0 Å². The number of rotatable bonds is 4. The molecule has 6 nitrogen and oxygen atoms in total. The molecular weight excluding hydrogens is 328 g/mol. The predicted molar refractivity (Wildman–Crippen MR) is 91.5 cm³/mol. The van der Waals surface area contributed by atoms with Crippen LogP contribution in [0.4, 0.5) is 5.69 Å². The molecule has 1 aromatic carbocycles. The molecule has 1 aromatic heterocycles. The monoisotopic (exact) mass is 348 g/mol. The van der Waals surface area contributed by atoms with E-state index in [4.69, 9.17) is 4.42 Å². The molecule has 1 fully saturated rings. The average Bonchev–Trinajstić information content (AvgIpc) is 3.12. The molecule has 1 aliphatic heterocycles. The van der Waals surface area contributed by atoms with Gasteiger partial charge in [-0.1, -0.05) is 0 Å². The van der Waals surface area contributed by atoms with E-state index in [1.54, 1.807) is 24.3 Å². The first-order chi connectivity index (χ1) is 11.4. The number of sulfonamides is 1. The number of carbonyl (C=O) groups is 1. The Morgan fingerprint density at radius 2 is 1.92 bits per heavy atom. The lowest BCUT2D eigenvalue weighted by Gasteiger charge is -2.17. The van der Waals surface area contributed by atoms with Crippen molar-refractivity contribution in [2.45, 2.75) is 26.3 Å². The summed E-state index contributed by atoms with van der Waals surface area (Å²) in [5.74, 6) is 1.44. The zero-order valence-electron chi connectivity index (χ0n) is 13.7. The number of amides is 1. The fourth-order valence-corrected chi connectivity index (χ4v) is 4.31. The van der Waals surface area contributed by atoms with Crippen molar-refractivity contribution < 1.29 is 17.6 Å². The molecule has 0 bridgehead atoms. The third-order valence-corrected chi connectivity index (χ3v) is 5.92. The van der Waals surface area contributed by atoms with E-state index in [0.29, 0.717) is 30.0 Å². The van der Waals surface area contributed by atoms with Crippen LogP contribution in [0, 0.1) is 6.92 Å². The summed E-state index contributed by atoms with van der Waals surface area (Å²) < 4.78 is 30.7. The first-order valence-electron chi connectivity index (χ1n) is 7.84. The van der Waals surface area contributed by atoms with Crippen LogP contribution in [-0.4, -0.2) is 26.6 Å². The van der Waals surface area contributed by atoms with Gasteiger partial charge in [-0.3, -0.25) is 9.10 Å². The van der Waals surface area contributed by atoms with E-state index in [2.05, 4.69) is 5.32 Å². The van der Waals surface area contributed by atoms with Crippen LogP contribution in [0.15, 0.2) is 40.8 Å². The van der Waals surface area contributed by atoms with E-state index >= 15 is 0 Å². The van der Waals surface area contributed by atoms with E-state index < -0.39 is 10.0 Å². The topological polar surface area (TPSA) is 79.6 Å². The van der Waals surface area contributed by atoms with Crippen molar-refractivity contribution in [2.24, 2.45) is 0 Å². The smallest absolute Gasteiger partial charge is 0.251 e. The van der Waals surface area contributed by atoms with Gasteiger partial charge < -0.3 is 9.73 Å². The van der Waals surface area contributed by atoms with Crippen molar-refractivity contribution in [3.63, 3.8) is 0 Å². The Bertz CT molecular complexity index is 840. The molecule has 3 rings (SSSR count). The zero-order valence-corrected chi connectivity index (χ0v) is 14.5. The minimum Gasteiger partial charge on any atom is -0.464 e. The highest BCUT2D eigenvalue weighted by Gasteiger charge is 2.28. The van der Waals surface area contributed by atoms with Crippen LogP contribution in [0.1, 0.15) is 41.3 Å². The summed E-state index contributed by atoms with van der Waals surface area (Å²) in [4.78, 5) is 12.3. The van der Waals surface area contributed by atoms with Crippen LogP contribution in [-0.2, 0) is 10.0 Å². The molecule has 128 valence electrons. The van der Waals surface area contributed by atoms with Crippen LogP contribution in [0.25, 0.3) is 0 Å². The number of benzene rings is 1. The molecule has 1 N–H and O–H groups in total. The summed E-state index contributed by atoms with van der Waals surface area (Å²) in [6.45, 7) is 4.19. The maximum absolute atomic E-state index is 12.3. The molecule has 2 aromatic rings. The molecule has 1 saturated heterocycles. The molecule has 1 aliphatic rings. The predicted octanol–water partition coefficient (Wildman–Crippen LogP) is 2.62. The van der Waals surface area contributed by atoms with Gasteiger partial charge in [0, 0.05) is 12.1 Å². The van der Waals surface area contributed by atoms with Crippen LogP contribution < -0.4 is 9.62 Å². The maximum atomic E-state index is 12.3. The molecule has 2 heterocycles. The minimum absolute atomic E-state index is 0.176. The highest BCUT2D eigenvalue weighted by molar-refractivity contribution is 7.93. The summed E-state index contributed by atoms with van der Waals surface area (Å²) in [5.41, 5.74) is 1.07. The van der Waals surface area contributed by atoms with Gasteiger partial charge in [0.25, 0.3) is 5.91 Å². The lowest BCUT2D eigenvalue weighted by molar-refractivity contribution is 0.0935. The number of hydrogen-bond donors (Lipinski definition) is 1. The third-order valence-electron chi connectivity index (χ3n) is 4.05. The van der Waals surface area contributed by atoms with Crippen LogP contribution in [0.2, 0.25) is 0 Å². The number of furan rings is 1. The molecule has 7 heteroatoms. The van der Waals surface area contributed by atoms with Crippen molar-refractivity contribution in [1.29, 1.82) is 0 Å². The molecule has 1 atom stereocenters. The van der Waals surface area contributed by atoms with Gasteiger partial charge >= 0.3 is 0 Å². The van der Waals surface area contributed by atoms with Crippen molar-refractivity contribution in [2.75, 3.05) is 16.6 Å². The molecule has 24 heavy (non-hydrogen) atoms. The fraction of sp³-hybridized carbons (Fsp3) is 0.353. The minimum atomic E-state index is -3.21. The number of anilines is 1. The summed E-state index contributed by atoms with van der Waals surface area (Å²) in [6.07, 6.45) is 0.630. The van der Waals surface area contributed by atoms with Crippen molar-refractivity contribution in [3.05, 3.63) is 53.5 Å². The summed E-state index contributed by atoms with van der Waals surface area (Å²) in [6, 6.07) is 10.0. The largest absolute Gasteiger partial charge is 0.464 e. The number of hydrogen-bond acceptors (Lipinski definition) is 4. The molecular formula is C17H20N2O4S. The fourth-order valence-electron chi connectivity index (χ4n) is 2.75. The van der Waals surface area contributed by atoms with Gasteiger partial charge in [-0.2, -0.15) is 0 Å². The number of nitrogens with one attached hydrogen (secondary N) is 1. The van der Waals surface area contributed by atoms with Gasteiger partial charge in [0.05, 0.1) is 17.5 Å². The second kappa shape index (κ2) is 6.32. The van der Waals surface area contributed by atoms with E-state index in [9.17, 15) is 13.2 Å². The number of nitrogens with zero attached hydrogens (tertiary/aromatic N) is 1. The van der Waals surface area contributed by atoms with Gasteiger partial charge in [0.1, 0.15) is 11.5 Å². The highest BCUT2D eigenvalue weighted by Crippen LogP contribution is 2.24. The molecule has 0 saturated carbocycles. The van der Waals surface area contributed by atoms with Gasteiger partial charge in [0.2, 0.25) is 10.0 Å². The lowest BCUT2D eigenvalue weighted by Crippen LogP contribution is -2.27. The molecule has 0 radical (unpaired) electrons. The van der Waals surface area contributed by atoms with Crippen LogP contribution in [0.3, 0.4) is 0 Å². The third kappa shape index (κ3) is 3.31. The Labute approximate surface area is 141 Å². The zero-order chi connectivity index (χ0) is 17.3. The Balaban J connectivity index is 1.70. The summed E-state index contributed by atoms with van der Waals surface area (Å²) >= 11 is 0. The van der Waals surface area contributed by atoms with E-state index in [0.717, 1.165) is 5.76 Å². The standard InChI is InChI=1S/C17H20N2O4S/c1-12-4-9-16(23-12)13(2)18-17(20)14-5-7-15(8-6-14)19-10-3-11-24(19,21)22/h4-9,13H,3,10-11H2,1-2H3,(H,18,20). The maximum Gasteiger partial charge on any atom is 0.251 e. The van der Waals surface area contributed by atoms with Crippen molar-refractivity contribution in [1.82, 2.24) is 5.32 Å². The van der Waals surface area contributed by atoms with Gasteiger partial charge in [-0.05, 0) is 56.7 Å². The first kappa shape index (κ1) is 16.6. The Kier molecular flexibility index (Phi) is 4.36. The van der Waals surface area contributed by atoms with E-state index in [1.165, 1.54) is 4.31 Å². The van der Waals surface area contributed by atoms with E-state index in [-0.39, 0.29) is 17.7 Å². The average molecular weight is 348 g/mol. The second-order valence-electron chi connectivity index (χ2n) is 5.93.